The van der Waals surface area contributed by atoms with Crippen molar-refractivity contribution in [2.24, 2.45) is 5.92 Å². The van der Waals surface area contributed by atoms with Crippen LogP contribution in [-0.4, -0.2) is 24.4 Å². The first-order valence-electron chi connectivity index (χ1n) is 7.22. The summed E-state index contributed by atoms with van der Waals surface area (Å²) in [4.78, 5) is 0. The van der Waals surface area contributed by atoms with Gasteiger partial charge in [-0.1, -0.05) is 18.6 Å². The molecule has 2 rings (SSSR count). The van der Waals surface area contributed by atoms with Crippen LogP contribution in [-0.2, 0) is 0 Å². The Morgan fingerprint density at radius 2 is 2.15 bits per heavy atom. The van der Waals surface area contributed by atoms with Crippen molar-refractivity contribution < 1.29 is 9.84 Å². The average molecular weight is 274 g/mol. The summed E-state index contributed by atoms with van der Waals surface area (Å²) in [6, 6.07) is 9.98. The van der Waals surface area contributed by atoms with Gasteiger partial charge in [0.25, 0.3) is 0 Å². The van der Waals surface area contributed by atoms with Gasteiger partial charge in [-0.3, -0.25) is 0 Å². The molecule has 20 heavy (non-hydrogen) atoms. The number of benzene rings is 1. The van der Waals surface area contributed by atoms with Crippen molar-refractivity contribution in [2.75, 3.05) is 13.2 Å². The van der Waals surface area contributed by atoms with E-state index in [1.807, 2.05) is 30.3 Å². The van der Waals surface area contributed by atoms with Crippen molar-refractivity contribution in [3.8, 4) is 11.8 Å². The maximum Gasteiger partial charge on any atom is 0.174 e. The lowest BCUT2D eigenvalue weighted by molar-refractivity contribution is 0.130. The van der Waals surface area contributed by atoms with Crippen molar-refractivity contribution in [3.63, 3.8) is 0 Å². The Kier molecular flexibility index (Phi) is 5.40. The van der Waals surface area contributed by atoms with Crippen LogP contribution in [0.1, 0.15) is 37.8 Å². The van der Waals surface area contributed by atoms with Crippen LogP contribution < -0.4 is 10.1 Å². The molecule has 1 fully saturated rings. The molecule has 3 atom stereocenters. The van der Waals surface area contributed by atoms with Crippen LogP contribution in [0.4, 0.5) is 0 Å². The zero-order valence-corrected chi connectivity index (χ0v) is 11.9. The summed E-state index contributed by atoms with van der Waals surface area (Å²) in [5.74, 6) is 1.10. The van der Waals surface area contributed by atoms with Crippen molar-refractivity contribution in [3.05, 3.63) is 29.8 Å². The molecule has 1 aliphatic rings. The average Bonchev–Trinajstić information content (AvgIpc) is 2.88. The Bertz CT molecular complexity index is 453. The van der Waals surface area contributed by atoms with Crippen LogP contribution in [0, 0.1) is 17.2 Å². The lowest BCUT2D eigenvalue weighted by atomic mass is 10.0. The van der Waals surface area contributed by atoms with E-state index in [-0.39, 0.29) is 18.8 Å². The fourth-order valence-electron chi connectivity index (χ4n) is 2.67. The van der Waals surface area contributed by atoms with Crippen LogP contribution in [0.15, 0.2) is 24.3 Å². The van der Waals surface area contributed by atoms with Crippen molar-refractivity contribution in [1.82, 2.24) is 5.32 Å². The van der Waals surface area contributed by atoms with E-state index in [1.165, 1.54) is 5.56 Å². The molecular formula is C16H22N2O2. The maximum absolute atomic E-state index is 9.81. The van der Waals surface area contributed by atoms with Gasteiger partial charge in [0.1, 0.15) is 11.8 Å². The molecule has 1 aromatic rings. The number of nitrogens with zero attached hydrogens (tertiary/aromatic N) is 1. The summed E-state index contributed by atoms with van der Waals surface area (Å²) in [6.07, 6.45) is 3.04. The topological polar surface area (TPSA) is 65.3 Å². The molecule has 0 aliphatic heterocycles. The quantitative estimate of drug-likeness (QED) is 0.836. The number of hydrogen-bond acceptors (Lipinski definition) is 4. The summed E-state index contributed by atoms with van der Waals surface area (Å²) >= 11 is 0. The number of rotatable bonds is 6. The summed E-state index contributed by atoms with van der Waals surface area (Å²) in [7, 11) is 0. The third-order valence-corrected chi connectivity index (χ3v) is 3.99. The molecule has 4 nitrogen and oxygen atoms in total. The molecule has 1 aromatic carbocycles. The zero-order chi connectivity index (χ0) is 14.4. The van der Waals surface area contributed by atoms with Crippen LogP contribution in [0.2, 0.25) is 0 Å². The van der Waals surface area contributed by atoms with E-state index in [9.17, 15) is 5.11 Å². The van der Waals surface area contributed by atoms with Crippen LogP contribution in [0.3, 0.4) is 0 Å². The van der Waals surface area contributed by atoms with Gasteiger partial charge in [-0.2, -0.15) is 5.26 Å². The minimum Gasteiger partial charge on any atom is -0.479 e. The van der Waals surface area contributed by atoms with E-state index >= 15 is 0 Å². The fourth-order valence-corrected chi connectivity index (χ4v) is 2.67. The van der Waals surface area contributed by atoms with Crippen LogP contribution >= 0.6 is 0 Å². The summed E-state index contributed by atoms with van der Waals surface area (Å²) < 4.78 is 5.23. The largest absolute Gasteiger partial charge is 0.479 e. The van der Waals surface area contributed by atoms with E-state index in [2.05, 4.69) is 12.2 Å². The number of nitriles is 1. The molecule has 0 amide bonds. The first-order chi connectivity index (χ1) is 9.70. The van der Waals surface area contributed by atoms with Crippen LogP contribution in [0.5, 0.6) is 5.75 Å². The highest BCUT2D eigenvalue weighted by Gasteiger charge is 2.25. The molecule has 0 aromatic heterocycles. The van der Waals surface area contributed by atoms with Gasteiger partial charge in [-0.25, -0.2) is 0 Å². The highest BCUT2D eigenvalue weighted by molar-refractivity contribution is 5.29. The second-order valence-electron chi connectivity index (χ2n) is 5.40. The van der Waals surface area contributed by atoms with E-state index in [0.29, 0.717) is 11.7 Å². The number of aliphatic hydroxyl groups is 1. The van der Waals surface area contributed by atoms with E-state index in [1.54, 1.807) is 0 Å². The van der Waals surface area contributed by atoms with Gasteiger partial charge in [0.15, 0.2) is 6.61 Å². The monoisotopic (exact) mass is 274 g/mol. The third-order valence-electron chi connectivity index (χ3n) is 3.99. The van der Waals surface area contributed by atoms with Gasteiger partial charge in [0.2, 0.25) is 0 Å². The van der Waals surface area contributed by atoms with Gasteiger partial charge in [-0.05, 0) is 43.4 Å². The van der Waals surface area contributed by atoms with E-state index in [0.717, 1.165) is 25.8 Å². The Morgan fingerprint density at radius 1 is 1.40 bits per heavy atom. The molecule has 0 saturated heterocycles. The van der Waals surface area contributed by atoms with Gasteiger partial charge in [0.05, 0.1) is 6.10 Å². The van der Waals surface area contributed by atoms with Crippen molar-refractivity contribution in [2.45, 2.75) is 38.3 Å². The zero-order valence-electron chi connectivity index (χ0n) is 11.9. The van der Waals surface area contributed by atoms with Crippen molar-refractivity contribution >= 4 is 0 Å². The molecule has 4 heteroatoms. The second kappa shape index (κ2) is 7.28. The standard InChI is InChI=1S/C16H22N2O2/c1-12(18-11-14-3-2-4-16(14)19)13-5-7-15(8-6-13)20-10-9-17/h5-8,12,14,16,18-19H,2-4,10-11H2,1H3. The second-order valence-corrected chi connectivity index (χ2v) is 5.40. The van der Waals surface area contributed by atoms with Gasteiger partial charge in [0, 0.05) is 12.6 Å². The Morgan fingerprint density at radius 3 is 2.75 bits per heavy atom. The predicted octanol–water partition coefficient (Wildman–Crippen LogP) is 2.40. The maximum atomic E-state index is 9.81. The Hall–Kier alpha value is -1.57. The lowest BCUT2D eigenvalue weighted by Gasteiger charge is -2.20. The molecule has 0 spiro atoms. The van der Waals surface area contributed by atoms with E-state index < -0.39 is 0 Å². The number of nitrogens with one attached hydrogen (secondary N) is 1. The molecule has 0 radical (unpaired) electrons. The summed E-state index contributed by atoms with van der Waals surface area (Å²) in [5, 5.41) is 21.7. The number of ether oxygens (including phenoxy) is 1. The summed E-state index contributed by atoms with van der Waals surface area (Å²) in [6.45, 7) is 3.05. The van der Waals surface area contributed by atoms with Gasteiger partial charge in [-0.15, -0.1) is 0 Å². The van der Waals surface area contributed by atoms with Gasteiger partial charge >= 0.3 is 0 Å². The smallest absolute Gasteiger partial charge is 0.174 e. The minimum atomic E-state index is -0.142. The summed E-state index contributed by atoms with van der Waals surface area (Å²) in [5.41, 5.74) is 1.18. The predicted molar refractivity (Wildman–Crippen MR) is 77.3 cm³/mol. The molecular weight excluding hydrogens is 252 g/mol. The van der Waals surface area contributed by atoms with Crippen LogP contribution in [0.25, 0.3) is 0 Å². The molecule has 1 saturated carbocycles. The van der Waals surface area contributed by atoms with Crippen molar-refractivity contribution in [1.29, 1.82) is 5.26 Å². The Labute approximate surface area is 120 Å². The normalized spacial score (nSPS) is 23.2. The SMILES string of the molecule is CC(NCC1CCCC1O)c1ccc(OCC#N)cc1. The van der Waals surface area contributed by atoms with Gasteiger partial charge < -0.3 is 15.2 Å². The third kappa shape index (κ3) is 3.96. The molecule has 0 heterocycles. The molecule has 1 aliphatic carbocycles. The van der Waals surface area contributed by atoms with E-state index in [4.69, 9.17) is 10.00 Å². The first kappa shape index (κ1) is 14.8. The molecule has 108 valence electrons. The molecule has 0 bridgehead atoms. The highest BCUT2D eigenvalue weighted by atomic mass is 16.5. The number of hydrogen-bond donors (Lipinski definition) is 2. The number of aliphatic hydroxyl groups excluding tert-OH is 1. The lowest BCUT2D eigenvalue weighted by Crippen LogP contribution is -2.29. The molecule has 2 N–H and O–H groups in total. The Balaban J connectivity index is 1.82. The molecule has 3 unspecified atom stereocenters. The highest BCUT2D eigenvalue weighted by Crippen LogP contribution is 2.25. The minimum absolute atomic E-state index is 0.0761. The fraction of sp³-hybridized carbons (Fsp3) is 0.562. The first-order valence-corrected chi connectivity index (χ1v) is 7.22.